The molecule has 2 aliphatic heterocycles. The van der Waals surface area contributed by atoms with E-state index in [4.69, 9.17) is 10.5 Å². The molecule has 0 saturated carbocycles. The normalized spacial score (nSPS) is 31.5. The summed E-state index contributed by atoms with van der Waals surface area (Å²) in [5, 5.41) is 0. The van der Waals surface area contributed by atoms with Crippen molar-refractivity contribution in [3.8, 4) is 0 Å². The van der Waals surface area contributed by atoms with Crippen molar-refractivity contribution in [1.82, 2.24) is 4.90 Å². The molecule has 2 N–H and O–H groups in total. The van der Waals surface area contributed by atoms with Crippen LogP contribution in [0.3, 0.4) is 0 Å². The molecule has 2 rings (SSSR count). The molecule has 0 aromatic carbocycles. The van der Waals surface area contributed by atoms with Crippen molar-refractivity contribution in [2.24, 2.45) is 11.7 Å². The average molecular weight is 276 g/mol. The summed E-state index contributed by atoms with van der Waals surface area (Å²) in [6.07, 6.45) is 0.852. The summed E-state index contributed by atoms with van der Waals surface area (Å²) >= 11 is 0. The first kappa shape index (κ1) is 13.8. The van der Waals surface area contributed by atoms with Crippen molar-refractivity contribution >= 4 is 15.7 Å². The highest BCUT2D eigenvalue weighted by Gasteiger charge is 2.31. The smallest absolute Gasteiger partial charge is 0.223 e. The van der Waals surface area contributed by atoms with Gasteiger partial charge in [0.15, 0.2) is 9.84 Å². The van der Waals surface area contributed by atoms with E-state index in [1.807, 2.05) is 0 Å². The summed E-state index contributed by atoms with van der Waals surface area (Å²) in [7, 11) is -2.90. The van der Waals surface area contributed by atoms with Crippen LogP contribution >= 0.6 is 0 Å². The Balaban J connectivity index is 1.84. The molecule has 2 unspecified atom stereocenters. The highest BCUT2D eigenvalue weighted by Crippen LogP contribution is 2.22. The summed E-state index contributed by atoms with van der Waals surface area (Å²) < 4.78 is 28.1. The van der Waals surface area contributed by atoms with Crippen LogP contribution in [0.25, 0.3) is 0 Å². The SMILES string of the molecule is NCC1CN(C(=O)CC2CCS(=O)(=O)C2)CCO1. The van der Waals surface area contributed by atoms with E-state index in [9.17, 15) is 13.2 Å². The molecule has 6 nitrogen and oxygen atoms in total. The summed E-state index contributed by atoms with van der Waals surface area (Å²) in [4.78, 5) is 13.8. The first-order valence-corrected chi connectivity index (χ1v) is 8.12. The molecule has 18 heavy (non-hydrogen) atoms. The van der Waals surface area contributed by atoms with Gasteiger partial charge in [-0.1, -0.05) is 0 Å². The lowest BCUT2D eigenvalue weighted by Crippen LogP contribution is -2.48. The van der Waals surface area contributed by atoms with E-state index in [1.54, 1.807) is 4.90 Å². The van der Waals surface area contributed by atoms with Crippen LogP contribution in [-0.2, 0) is 19.4 Å². The standard InChI is InChI=1S/C11H20N2O4S/c12-6-10-7-13(2-3-17-10)11(14)5-9-1-4-18(15,16)8-9/h9-10H,1-8,12H2. The molecule has 0 bridgehead atoms. The van der Waals surface area contributed by atoms with Crippen molar-refractivity contribution in [2.75, 3.05) is 37.7 Å². The van der Waals surface area contributed by atoms with Crippen LogP contribution in [0.15, 0.2) is 0 Å². The predicted octanol–water partition coefficient (Wildman–Crippen LogP) is -1.00. The Bertz CT molecular complexity index is 409. The van der Waals surface area contributed by atoms with Gasteiger partial charge in [0.05, 0.1) is 24.2 Å². The maximum Gasteiger partial charge on any atom is 0.223 e. The Morgan fingerprint density at radius 3 is 2.83 bits per heavy atom. The number of carbonyl (C=O) groups excluding carboxylic acids is 1. The van der Waals surface area contributed by atoms with Crippen molar-refractivity contribution in [3.05, 3.63) is 0 Å². The minimum Gasteiger partial charge on any atom is -0.373 e. The topological polar surface area (TPSA) is 89.7 Å². The zero-order valence-corrected chi connectivity index (χ0v) is 11.2. The molecule has 0 spiro atoms. The second kappa shape index (κ2) is 5.54. The van der Waals surface area contributed by atoms with Crippen molar-refractivity contribution in [2.45, 2.75) is 18.9 Å². The lowest BCUT2D eigenvalue weighted by Gasteiger charge is -2.32. The Labute approximate surface area is 107 Å². The minimum atomic E-state index is -2.90. The summed E-state index contributed by atoms with van der Waals surface area (Å²) in [6.45, 7) is 2.02. The van der Waals surface area contributed by atoms with Gasteiger partial charge in [-0.2, -0.15) is 0 Å². The van der Waals surface area contributed by atoms with Gasteiger partial charge in [0.1, 0.15) is 0 Å². The first-order valence-electron chi connectivity index (χ1n) is 6.30. The van der Waals surface area contributed by atoms with E-state index in [0.29, 0.717) is 39.1 Å². The minimum absolute atomic E-state index is 0.0123. The number of nitrogens with zero attached hydrogens (tertiary/aromatic N) is 1. The van der Waals surface area contributed by atoms with Crippen molar-refractivity contribution in [1.29, 1.82) is 0 Å². The van der Waals surface area contributed by atoms with Gasteiger partial charge in [0, 0.05) is 26.1 Å². The molecule has 7 heteroatoms. The summed E-state index contributed by atoms with van der Waals surface area (Å²) in [5.74, 6) is 0.392. The summed E-state index contributed by atoms with van der Waals surface area (Å²) in [5.41, 5.74) is 5.52. The monoisotopic (exact) mass is 276 g/mol. The van der Waals surface area contributed by atoms with Crippen LogP contribution in [0.4, 0.5) is 0 Å². The maximum absolute atomic E-state index is 12.1. The fourth-order valence-corrected chi connectivity index (χ4v) is 4.36. The largest absolute Gasteiger partial charge is 0.373 e. The second-order valence-corrected chi connectivity index (χ2v) is 7.27. The molecule has 0 aliphatic carbocycles. The van der Waals surface area contributed by atoms with Crippen molar-refractivity contribution < 1.29 is 17.9 Å². The van der Waals surface area contributed by atoms with E-state index in [2.05, 4.69) is 0 Å². The molecule has 104 valence electrons. The van der Waals surface area contributed by atoms with E-state index < -0.39 is 9.84 Å². The Kier molecular flexibility index (Phi) is 4.24. The fraction of sp³-hybridized carbons (Fsp3) is 0.909. The molecule has 2 aliphatic rings. The molecular weight excluding hydrogens is 256 g/mol. The third-order valence-corrected chi connectivity index (χ3v) is 5.38. The molecule has 2 atom stereocenters. The number of rotatable bonds is 3. The van der Waals surface area contributed by atoms with Gasteiger partial charge in [-0.25, -0.2) is 8.42 Å². The molecule has 2 heterocycles. The van der Waals surface area contributed by atoms with Crippen LogP contribution in [0.5, 0.6) is 0 Å². The number of hydrogen-bond donors (Lipinski definition) is 1. The average Bonchev–Trinajstić information content (AvgIpc) is 2.68. The Morgan fingerprint density at radius 1 is 1.44 bits per heavy atom. The maximum atomic E-state index is 12.1. The van der Waals surface area contributed by atoms with Gasteiger partial charge in [-0.3, -0.25) is 4.79 Å². The van der Waals surface area contributed by atoms with E-state index in [1.165, 1.54) is 0 Å². The number of nitrogens with two attached hydrogens (primary N) is 1. The number of sulfone groups is 1. The molecule has 2 fully saturated rings. The number of carbonyl (C=O) groups is 1. The highest BCUT2D eigenvalue weighted by molar-refractivity contribution is 7.91. The zero-order chi connectivity index (χ0) is 13.2. The van der Waals surface area contributed by atoms with Gasteiger partial charge >= 0.3 is 0 Å². The number of amides is 1. The van der Waals surface area contributed by atoms with Gasteiger partial charge in [0.25, 0.3) is 0 Å². The molecule has 0 radical (unpaired) electrons. The predicted molar refractivity (Wildman–Crippen MR) is 66.8 cm³/mol. The Hall–Kier alpha value is -0.660. The van der Waals surface area contributed by atoms with E-state index >= 15 is 0 Å². The van der Waals surface area contributed by atoms with Gasteiger partial charge < -0.3 is 15.4 Å². The van der Waals surface area contributed by atoms with Crippen LogP contribution in [-0.4, -0.2) is 63.1 Å². The van der Waals surface area contributed by atoms with Crippen LogP contribution in [0, 0.1) is 5.92 Å². The number of ether oxygens (including phenoxy) is 1. The highest BCUT2D eigenvalue weighted by atomic mass is 32.2. The Morgan fingerprint density at radius 2 is 2.22 bits per heavy atom. The summed E-state index contributed by atoms with van der Waals surface area (Å²) in [6, 6.07) is 0. The van der Waals surface area contributed by atoms with Crippen LogP contribution < -0.4 is 5.73 Å². The van der Waals surface area contributed by atoms with Gasteiger partial charge in [-0.15, -0.1) is 0 Å². The molecule has 0 aromatic rings. The lowest BCUT2D eigenvalue weighted by molar-refractivity contribution is -0.139. The zero-order valence-electron chi connectivity index (χ0n) is 10.4. The van der Waals surface area contributed by atoms with Gasteiger partial charge in [0.2, 0.25) is 5.91 Å². The fourth-order valence-electron chi connectivity index (χ4n) is 2.50. The third-order valence-electron chi connectivity index (χ3n) is 3.54. The van der Waals surface area contributed by atoms with E-state index in [0.717, 1.165) is 0 Å². The lowest BCUT2D eigenvalue weighted by atomic mass is 10.0. The first-order chi connectivity index (χ1) is 8.50. The van der Waals surface area contributed by atoms with Crippen LogP contribution in [0.2, 0.25) is 0 Å². The van der Waals surface area contributed by atoms with E-state index in [-0.39, 0.29) is 29.4 Å². The second-order valence-electron chi connectivity index (χ2n) is 5.04. The molecule has 0 aromatic heterocycles. The number of morpholine rings is 1. The third kappa shape index (κ3) is 3.43. The molecule has 1 amide bonds. The number of hydrogen-bond acceptors (Lipinski definition) is 5. The quantitative estimate of drug-likeness (QED) is 0.714. The van der Waals surface area contributed by atoms with Crippen molar-refractivity contribution in [3.63, 3.8) is 0 Å². The van der Waals surface area contributed by atoms with Crippen LogP contribution in [0.1, 0.15) is 12.8 Å². The molecular formula is C11H20N2O4S. The molecule has 2 saturated heterocycles. The van der Waals surface area contributed by atoms with Gasteiger partial charge in [-0.05, 0) is 12.3 Å².